The highest BCUT2D eigenvalue weighted by Gasteiger charge is 2.37. The van der Waals surface area contributed by atoms with Crippen molar-refractivity contribution < 1.29 is 14.3 Å². The number of likely N-dealkylation sites (tertiary alicyclic amines) is 1. The largest absolute Gasteiger partial charge is 0.465 e. The number of anilines is 1. The summed E-state index contributed by atoms with van der Waals surface area (Å²) in [6.45, 7) is -0.00259. The number of hydrogen-bond acceptors (Lipinski definition) is 3. The number of amides is 1. The molecule has 1 aliphatic rings. The van der Waals surface area contributed by atoms with Gasteiger partial charge in [-0.1, -0.05) is 0 Å². The summed E-state index contributed by atoms with van der Waals surface area (Å²) in [5, 5.41) is 12.6. The molecular weight excluding hydrogens is 203 g/mol. The van der Waals surface area contributed by atoms with Crippen LogP contribution in [0.25, 0.3) is 0 Å². The van der Waals surface area contributed by atoms with Crippen LogP contribution in [0.3, 0.4) is 0 Å². The van der Waals surface area contributed by atoms with Crippen molar-refractivity contribution in [1.82, 2.24) is 14.7 Å². The average molecular weight is 214 g/mol. The molecule has 82 valence electrons. The maximum atomic E-state index is 13.5. The van der Waals surface area contributed by atoms with Crippen LogP contribution in [-0.2, 0) is 0 Å². The molecule has 2 atom stereocenters. The van der Waals surface area contributed by atoms with E-state index >= 15 is 0 Å². The van der Waals surface area contributed by atoms with Crippen LogP contribution in [0.1, 0.15) is 6.04 Å². The van der Waals surface area contributed by atoms with Gasteiger partial charge in [0.1, 0.15) is 12.2 Å². The van der Waals surface area contributed by atoms with E-state index in [4.69, 9.17) is 10.8 Å². The summed E-state index contributed by atoms with van der Waals surface area (Å²) in [5.74, 6) is 0. The van der Waals surface area contributed by atoms with Crippen molar-refractivity contribution in [3.8, 4) is 0 Å². The minimum absolute atomic E-state index is 0.109. The molecule has 0 radical (unpaired) electrons. The number of nitrogen functional groups attached to an aromatic ring is 1. The smallest absolute Gasteiger partial charge is 0.407 e. The lowest BCUT2D eigenvalue weighted by atomic mass is 10.2. The first kappa shape index (κ1) is 9.75. The van der Waals surface area contributed by atoms with Gasteiger partial charge in [-0.3, -0.25) is 4.68 Å². The molecule has 0 aliphatic carbocycles. The first-order chi connectivity index (χ1) is 7.08. The number of halogens is 1. The lowest BCUT2D eigenvalue weighted by Crippen LogP contribution is -2.27. The van der Waals surface area contributed by atoms with Crippen molar-refractivity contribution in [3.05, 3.63) is 12.4 Å². The molecule has 6 nitrogen and oxygen atoms in total. The minimum Gasteiger partial charge on any atom is -0.465 e. The van der Waals surface area contributed by atoms with E-state index in [-0.39, 0.29) is 13.1 Å². The summed E-state index contributed by atoms with van der Waals surface area (Å²) in [5.41, 5.74) is 5.89. The topological polar surface area (TPSA) is 84.4 Å². The average Bonchev–Trinajstić information content (AvgIpc) is 2.71. The van der Waals surface area contributed by atoms with Crippen LogP contribution < -0.4 is 5.73 Å². The third-order valence-electron chi connectivity index (χ3n) is 2.45. The molecule has 15 heavy (non-hydrogen) atoms. The van der Waals surface area contributed by atoms with Crippen LogP contribution in [0, 0.1) is 0 Å². The number of rotatable bonds is 1. The zero-order valence-corrected chi connectivity index (χ0v) is 7.88. The molecule has 0 bridgehead atoms. The molecule has 1 saturated heterocycles. The number of hydrogen-bond donors (Lipinski definition) is 2. The molecule has 1 aromatic heterocycles. The predicted octanol–water partition coefficient (Wildman–Crippen LogP) is 0.338. The Labute approximate surface area is 85.1 Å². The van der Waals surface area contributed by atoms with Gasteiger partial charge >= 0.3 is 6.09 Å². The molecule has 0 spiro atoms. The maximum absolute atomic E-state index is 13.5. The van der Waals surface area contributed by atoms with Gasteiger partial charge in [0, 0.05) is 12.7 Å². The number of carbonyl (C=O) groups is 1. The zero-order chi connectivity index (χ0) is 11.0. The predicted molar refractivity (Wildman–Crippen MR) is 50.2 cm³/mol. The highest BCUT2D eigenvalue weighted by atomic mass is 19.1. The molecule has 0 unspecified atom stereocenters. The normalized spacial score (nSPS) is 25.8. The summed E-state index contributed by atoms with van der Waals surface area (Å²) < 4.78 is 14.9. The fourth-order valence-electron chi connectivity index (χ4n) is 1.69. The Bertz CT molecular complexity index is 380. The second kappa shape index (κ2) is 3.41. The summed E-state index contributed by atoms with van der Waals surface area (Å²) in [6, 6.07) is -0.571. The van der Waals surface area contributed by atoms with Gasteiger partial charge in [0.25, 0.3) is 0 Å². The van der Waals surface area contributed by atoms with Gasteiger partial charge in [0.2, 0.25) is 0 Å². The molecule has 2 heterocycles. The van der Waals surface area contributed by atoms with Crippen molar-refractivity contribution >= 4 is 11.8 Å². The number of alkyl halides is 1. The molecule has 1 amide bonds. The fraction of sp³-hybridized carbons (Fsp3) is 0.500. The first-order valence-electron chi connectivity index (χ1n) is 4.49. The van der Waals surface area contributed by atoms with Crippen LogP contribution in [-0.4, -0.2) is 45.1 Å². The van der Waals surface area contributed by atoms with Gasteiger partial charge < -0.3 is 15.7 Å². The number of carboxylic acid groups (broad SMARTS) is 1. The Morgan fingerprint density at radius 2 is 2.40 bits per heavy atom. The molecule has 1 fully saturated rings. The van der Waals surface area contributed by atoms with E-state index in [9.17, 15) is 9.18 Å². The van der Waals surface area contributed by atoms with E-state index in [0.717, 1.165) is 4.90 Å². The Morgan fingerprint density at radius 3 is 2.87 bits per heavy atom. The Kier molecular flexibility index (Phi) is 2.22. The lowest BCUT2D eigenvalue weighted by Gasteiger charge is -2.12. The van der Waals surface area contributed by atoms with Gasteiger partial charge in [-0.15, -0.1) is 0 Å². The Balaban J connectivity index is 2.15. The van der Waals surface area contributed by atoms with Crippen molar-refractivity contribution in [2.45, 2.75) is 12.2 Å². The molecular formula is C8H11FN4O2. The number of nitrogens with zero attached hydrogens (tertiary/aromatic N) is 3. The summed E-state index contributed by atoms with van der Waals surface area (Å²) in [7, 11) is 0. The van der Waals surface area contributed by atoms with E-state index < -0.39 is 18.3 Å². The molecule has 3 N–H and O–H groups in total. The standard InChI is InChI=1S/C8H11FN4O2/c9-6-3-12(8(14)15)4-7(6)13-2-5(10)1-11-13/h1-2,6-7H,3-4,10H2,(H,14,15)/t6-,7+/m1/s1. The van der Waals surface area contributed by atoms with Crippen LogP contribution in [0.2, 0.25) is 0 Å². The monoisotopic (exact) mass is 214 g/mol. The SMILES string of the molecule is Nc1cnn([C@H]2CN(C(=O)O)C[C@H]2F)c1. The molecule has 7 heteroatoms. The van der Waals surface area contributed by atoms with Gasteiger partial charge in [-0.05, 0) is 0 Å². The first-order valence-corrected chi connectivity index (χ1v) is 4.49. The van der Waals surface area contributed by atoms with Crippen LogP contribution in [0.15, 0.2) is 12.4 Å². The van der Waals surface area contributed by atoms with Crippen molar-refractivity contribution in [2.75, 3.05) is 18.8 Å². The highest BCUT2D eigenvalue weighted by Crippen LogP contribution is 2.24. The highest BCUT2D eigenvalue weighted by molar-refractivity contribution is 5.65. The molecule has 2 rings (SSSR count). The van der Waals surface area contributed by atoms with E-state index in [1.807, 2.05) is 0 Å². The van der Waals surface area contributed by atoms with Gasteiger partial charge in [0.15, 0.2) is 0 Å². The number of nitrogens with two attached hydrogens (primary N) is 1. The van der Waals surface area contributed by atoms with E-state index in [0.29, 0.717) is 5.69 Å². The fourth-order valence-corrected chi connectivity index (χ4v) is 1.69. The van der Waals surface area contributed by atoms with Crippen molar-refractivity contribution in [1.29, 1.82) is 0 Å². The van der Waals surface area contributed by atoms with Crippen LogP contribution >= 0.6 is 0 Å². The maximum Gasteiger partial charge on any atom is 0.407 e. The van der Waals surface area contributed by atoms with Gasteiger partial charge in [-0.25, -0.2) is 9.18 Å². The molecule has 1 aromatic rings. The molecule has 0 saturated carbocycles. The second-order valence-corrected chi connectivity index (χ2v) is 3.52. The third-order valence-corrected chi connectivity index (χ3v) is 2.45. The van der Waals surface area contributed by atoms with Crippen molar-refractivity contribution in [2.24, 2.45) is 0 Å². The van der Waals surface area contributed by atoms with Gasteiger partial charge in [-0.2, -0.15) is 5.10 Å². The van der Waals surface area contributed by atoms with E-state index in [2.05, 4.69) is 5.10 Å². The van der Waals surface area contributed by atoms with E-state index in [1.54, 1.807) is 0 Å². The van der Waals surface area contributed by atoms with Crippen LogP contribution in [0.4, 0.5) is 14.9 Å². The Hall–Kier alpha value is -1.79. The summed E-state index contributed by atoms with van der Waals surface area (Å²) in [4.78, 5) is 11.7. The third kappa shape index (κ3) is 1.72. The summed E-state index contributed by atoms with van der Waals surface area (Å²) >= 11 is 0. The number of aromatic nitrogens is 2. The molecule has 1 aliphatic heterocycles. The minimum atomic E-state index is -1.24. The second-order valence-electron chi connectivity index (χ2n) is 3.52. The van der Waals surface area contributed by atoms with E-state index in [1.165, 1.54) is 17.1 Å². The van der Waals surface area contributed by atoms with Gasteiger partial charge in [0.05, 0.1) is 18.4 Å². The van der Waals surface area contributed by atoms with Crippen molar-refractivity contribution in [3.63, 3.8) is 0 Å². The summed E-state index contributed by atoms with van der Waals surface area (Å²) in [6.07, 6.45) is 0.569. The quantitative estimate of drug-likeness (QED) is 0.705. The van der Waals surface area contributed by atoms with Crippen LogP contribution in [0.5, 0.6) is 0 Å². The lowest BCUT2D eigenvalue weighted by molar-refractivity contribution is 0.152. The zero-order valence-electron chi connectivity index (χ0n) is 7.88. The Morgan fingerprint density at radius 1 is 1.67 bits per heavy atom. The molecule has 0 aromatic carbocycles.